The van der Waals surface area contributed by atoms with E-state index in [1.54, 1.807) is 0 Å². The highest BCUT2D eigenvalue weighted by Gasteiger charge is 2.26. The highest BCUT2D eigenvalue weighted by molar-refractivity contribution is 5.98. The van der Waals surface area contributed by atoms with Crippen LogP contribution >= 0.6 is 0 Å². The van der Waals surface area contributed by atoms with Crippen LogP contribution in [0.1, 0.15) is 39.1 Å². The Labute approximate surface area is 125 Å². The van der Waals surface area contributed by atoms with Gasteiger partial charge >= 0.3 is 0 Å². The number of nitrogens with one attached hydrogen (secondary N) is 1. The zero-order chi connectivity index (χ0) is 15.0. The predicted molar refractivity (Wildman–Crippen MR) is 83.0 cm³/mol. The Hall–Kier alpha value is -1.78. The molecule has 5 heteroatoms. The van der Waals surface area contributed by atoms with Crippen LogP contribution in [-0.2, 0) is 9.47 Å². The molecule has 0 spiro atoms. The fraction of sp³-hybridized carbons (Fsp3) is 0.625. The van der Waals surface area contributed by atoms with Gasteiger partial charge in [-0.05, 0) is 24.0 Å². The first-order valence-electron chi connectivity index (χ1n) is 7.65. The van der Waals surface area contributed by atoms with Crippen LogP contribution in [0.2, 0.25) is 0 Å². The van der Waals surface area contributed by atoms with E-state index in [9.17, 15) is 0 Å². The average Bonchev–Trinajstić information content (AvgIpc) is 3.18. The number of hydrogen-bond acceptors (Lipinski definition) is 4. The summed E-state index contributed by atoms with van der Waals surface area (Å²) in [6.07, 6.45) is 0. The molecular formula is C16H23N3O2. The van der Waals surface area contributed by atoms with E-state index in [-0.39, 0.29) is 12.1 Å². The van der Waals surface area contributed by atoms with Crippen molar-refractivity contribution in [1.29, 1.82) is 0 Å². The number of H-pyrrole nitrogens is 1. The second-order valence-electron chi connectivity index (χ2n) is 6.40. The summed E-state index contributed by atoms with van der Waals surface area (Å²) in [5.74, 6) is 2.37. The molecule has 0 saturated carbocycles. The molecule has 2 atom stereocenters. The van der Waals surface area contributed by atoms with Gasteiger partial charge in [0.2, 0.25) is 11.8 Å². The van der Waals surface area contributed by atoms with Gasteiger partial charge in [-0.25, -0.2) is 9.98 Å². The van der Waals surface area contributed by atoms with Crippen molar-refractivity contribution < 1.29 is 9.47 Å². The molecule has 0 saturated heterocycles. The van der Waals surface area contributed by atoms with Crippen LogP contribution in [0.15, 0.2) is 22.1 Å². The van der Waals surface area contributed by atoms with E-state index in [1.807, 2.05) is 12.1 Å². The highest BCUT2D eigenvalue weighted by Crippen LogP contribution is 2.20. The largest absolute Gasteiger partial charge is 0.474 e. The van der Waals surface area contributed by atoms with Crippen molar-refractivity contribution in [1.82, 2.24) is 4.98 Å². The number of nitrogens with zero attached hydrogens (tertiary/aromatic N) is 2. The van der Waals surface area contributed by atoms with E-state index < -0.39 is 0 Å². The Morgan fingerprint density at radius 1 is 0.905 bits per heavy atom. The average molecular weight is 289 g/mol. The zero-order valence-corrected chi connectivity index (χ0v) is 13.1. The van der Waals surface area contributed by atoms with Crippen LogP contribution in [0, 0.1) is 11.8 Å². The van der Waals surface area contributed by atoms with Gasteiger partial charge < -0.3 is 14.5 Å². The summed E-state index contributed by atoms with van der Waals surface area (Å²) in [6.45, 7) is 9.96. The molecule has 0 aromatic carbocycles. The molecule has 3 heterocycles. The summed E-state index contributed by atoms with van der Waals surface area (Å²) >= 11 is 0. The standard InChI is InChI=1S/C16H23N3O2/c1-9(2)13-7-20-15(18-13)11-5-6-12(17-11)16-19-14(8-21-16)10(3)4/h5-6,9-10,13-14,17H,7-8H2,1-4H3/t13-,14-/m0/s1. The van der Waals surface area contributed by atoms with E-state index in [0.717, 1.165) is 11.4 Å². The Kier molecular flexibility index (Phi) is 3.74. The van der Waals surface area contributed by atoms with Crippen molar-refractivity contribution >= 4 is 11.8 Å². The van der Waals surface area contributed by atoms with Crippen LogP contribution in [0.4, 0.5) is 0 Å². The normalized spacial score (nSPS) is 25.0. The van der Waals surface area contributed by atoms with E-state index >= 15 is 0 Å². The summed E-state index contributed by atoms with van der Waals surface area (Å²) in [6, 6.07) is 4.45. The number of aromatic amines is 1. The fourth-order valence-corrected chi connectivity index (χ4v) is 2.40. The molecule has 3 rings (SSSR count). The topological polar surface area (TPSA) is 59.0 Å². The molecule has 2 aliphatic rings. The number of aromatic nitrogens is 1. The molecule has 0 bridgehead atoms. The van der Waals surface area contributed by atoms with Crippen LogP contribution in [-0.4, -0.2) is 42.1 Å². The lowest BCUT2D eigenvalue weighted by Gasteiger charge is -2.06. The van der Waals surface area contributed by atoms with Gasteiger partial charge in [0.25, 0.3) is 0 Å². The molecule has 21 heavy (non-hydrogen) atoms. The molecule has 5 nitrogen and oxygen atoms in total. The first-order valence-corrected chi connectivity index (χ1v) is 7.65. The van der Waals surface area contributed by atoms with Crippen molar-refractivity contribution in [2.24, 2.45) is 21.8 Å². The third-order valence-electron chi connectivity index (χ3n) is 4.03. The Morgan fingerprint density at radius 3 is 1.67 bits per heavy atom. The minimum Gasteiger partial charge on any atom is -0.474 e. The molecule has 1 aromatic heterocycles. The molecule has 114 valence electrons. The lowest BCUT2D eigenvalue weighted by molar-refractivity contribution is 0.290. The van der Waals surface area contributed by atoms with Gasteiger partial charge in [0.05, 0.1) is 12.1 Å². The molecule has 1 aromatic rings. The molecule has 0 unspecified atom stereocenters. The summed E-state index contributed by atoms with van der Waals surface area (Å²) < 4.78 is 11.4. The van der Waals surface area contributed by atoms with Crippen molar-refractivity contribution in [2.45, 2.75) is 39.8 Å². The minimum atomic E-state index is 0.247. The van der Waals surface area contributed by atoms with E-state index in [2.05, 4.69) is 42.7 Å². The zero-order valence-electron chi connectivity index (χ0n) is 13.1. The third-order valence-corrected chi connectivity index (χ3v) is 4.03. The van der Waals surface area contributed by atoms with Crippen LogP contribution in [0.3, 0.4) is 0 Å². The maximum atomic E-state index is 5.69. The monoisotopic (exact) mass is 289 g/mol. The first kappa shape index (κ1) is 14.2. The number of hydrogen-bond donors (Lipinski definition) is 1. The minimum absolute atomic E-state index is 0.247. The van der Waals surface area contributed by atoms with Crippen molar-refractivity contribution in [3.05, 3.63) is 23.5 Å². The van der Waals surface area contributed by atoms with Crippen LogP contribution in [0.5, 0.6) is 0 Å². The number of rotatable bonds is 4. The first-order chi connectivity index (χ1) is 10.0. The second kappa shape index (κ2) is 5.54. The van der Waals surface area contributed by atoms with Gasteiger partial charge in [-0.3, -0.25) is 0 Å². The van der Waals surface area contributed by atoms with Gasteiger partial charge in [-0.2, -0.15) is 0 Å². The quantitative estimate of drug-likeness (QED) is 0.926. The lowest BCUT2D eigenvalue weighted by atomic mass is 10.1. The fourth-order valence-electron chi connectivity index (χ4n) is 2.40. The van der Waals surface area contributed by atoms with E-state index in [1.165, 1.54) is 0 Å². The smallest absolute Gasteiger partial charge is 0.233 e. The molecule has 0 amide bonds. The molecule has 0 fully saturated rings. The molecule has 1 N–H and O–H groups in total. The van der Waals surface area contributed by atoms with Crippen LogP contribution in [0.25, 0.3) is 0 Å². The van der Waals surface area contributed by atoms with Crippen molar-refractivity contribution in [2.75, 3.05) is 13.2 Å². The molecule has 2 aliphatic heterocycles. The second-order valence-corrected chi connectivity index (χ2v) is 6.40. The number of aliphatic imine (C=N–C) groups is 2. The van der Waals surface area contributed by atoms with E-state index in [0.29, 0.717) is 36.8 Å². The number of ether oxygens (including phenoxy) is 2. The van der Waals surface area contributed by atoms with Crippen molar-refractivity contribution in [3.8, 4) is 0 Å². The van der Waals surface area contributed by atoms with Crippen molar-refractivity contribution in [3.63, 3.8) is 0 Å². The van der Waals surface area contributed by atoms with Gasteiger partial charge in [0, 0.05) is 0 Å². The maximum Gasteiger partial charge on any atom is 0.233 e. The third kappa shape index (κ3) is 2.82. The van der Waals surface area contributed by atoms with Gasteiger partial charge in [0.15, 0.2) is 0 Å². The van der Waals surface area contributed by atoms with Crippen LogP contribution < -0.4 is 0 Å². The summed E-state index contributed by atoms with van der Waals surface area (Å²) in [4.78, 5) is 12.6. The Morgan fingerprint density at radius 2 is 1.33 bits per heavy atom. The van der Waals surface area contributed by atoms with Gasteiger partial charge in [-0.1, -0.05) is 27.7 Å². The molecular weight excluding hydrogens is 266 g/mol. The molecule has 0 aliphatic carbocycles. The predicted octanol–water partition coefficient (Wildman–Crippen LogP) is 2.62. The highest BCUT2D eigenvalue weighted by atomic mass is 16.5. The Balaban J connectivity index is 1.76. The summed E-state index contributed by atoms with van der Waals surface area (Å²) in [7, 11) is 0. The lowest BCUT2D eigenvalue weighted by Crippen LogP contribution is -2.13. The molecule has 0 radical (unpaired) electrons. The van der Waals surface area contributed by atoms with Gasteiger partial charge in [0.1, 0.15) is 24.6 Å². The summed E-state index contributed by atoms with van der Waals surface area (Å²) in [5, 5.41) is 0. The SMILES string of the molecule is CC(C)[C@@H]1COC(c2ccc(C3=N[C@H](C(C)C)CO3)[nH]2)=N1. The Bertz CT molecular complexity index is 523. The van der Waals surface area contributed by atoms with Gasteiger partial charge in [-0.15, -0.1) is 0 Å². The summed E-state index contributed by atoms with van der Waals surface area (Å²) in [5.41, 5.74) is 1.79. The van der Waals surface area contributed by atoms with E-state index in [4.69, 9.17) is 9.47 Å². The maximum absolute atomic E-state index is 5.69.